The van der Waals surface area contributed by atoms with Crippen LogP contribution in [0.3, 0.4) is 0 Å². The fraction of sp³-hybridized carbons (Fsp3) is 0.423. The average Bonchev–Trinajstić information content (AvgIpc) is 2.85. The van der Waals surface area contributed by atoms with E-state index in [1.54, 1.807) is 12.3 Å². The molecule has 0 aromatic carbocycles. The second kappa shape index (κ2) is 10.3. The third kappa shape index (κ3) is 4.99. The number of nitrogens with two attached hydrogens (primary N) is 1. The topological polar surface area (TPSA) is 106 Å². The van der Waals surface area contributed by atoms with Gasteiger partial charge in [0, 0.05) is 12.4 Å². The summed E-state index contributed by atoms with van der Waals surface area (Å²) in [5, 5.41) is 0. The lowest BCUT2D eigenvalue weighted by Crippen LogP contribution is -2.30. The number of likely N-dealkylation sites (tertiary alicyclic amines) is 1. The number of carbonyl (C=O) groups is 1. The monoisotopic (exact) mass is 494 g/mol. The zero-order valence-electron chi connectivity index (χ0n) is 20.6. The van der Waals surface area contributed by atoms with E-state index in [2.05, 4.69) is 28.0 Å². The van der Waals surface area contributed by atoms with Crippen LogP contribution in [-0.4, -0.2) is 56.1 Å². The lowest BCUT2D eigenvalue weighted by atomic mass is 9.90. The van der Waals surface area contributed by atoms with Gasteiger partial charge in [-0.1, -0.05) is 13.0 Å². The summed E-state index contributed by atoms with van der Waals surface area (Å²) < 4.78 is 1.47. The van der Waals surface area contributed by atoms with E-state index >= 15 is 0 Å². The number of pyridine rings is 1. The van der Waals surface area contributed by atoms with Gasteiger partial charge in [-0.15, -0.1) is 11.6 Å². The summed E-state index contributed by atoms with van der Waals surface area (Å²) in [6, 6.07) is 2.09. The van der Waals surface area contributed by atoms with Gasteiger partial charge in [-0.3, -0.25) is 24.0 Å². The fourth-order valence-electron chi connectivity index (χ4n) is 4.66. The van der Waals surface area contributed by atoms with Crippen molar-refractivity contribution in [3.63, 3.8) is 0 Å². The van der Waals surface area contributed by atoms with E-state index < -0.39 is 11.3 Å². The molecule has 0 amide bonds. The molecule has 0 aliphatic carbocycles. The third-order valence-electron chi connectivity index (χ3n) is 6.62. The molecule has 0 unspecified atom stereocenters. The molecule has 4 heterocycles. The number of carbonyl (C=O) groups excluding carboxylic acids is 1. The lowest BCUT2D eigenvalue weighted by Gasteiger charge is -2.29. The Labute approximate surface area is 209 Å². The highest BCUT2D eigenvalue weighted by molar-refractivity contribution is 6.30. The van der Waals surface area contributed by atoms with E-state index in [0.717, 1.165) is 48.4 Å². The van der Waals surface area contributed by atoms with Crippen LogP contribution in [0.25, 0.3) is 17.4 Å². The standard InChI is InChI=1S/C26H31ClN6O2/c1-5-20-21(29-13-16(3)30-20)11-19(28)24-23(22(34)12-27)26(35)33-14-18(10-15(2)25(33)31-24)17-6-8-32(4)9-7-17/h10-11,13-14,17H,5-9,12,28H2,1-4H3. The molecule has 184 valence electrons. The summed E-state index contributed by atoms with van der Waals surface area (Å²) in [6.07, 6.45) is 7.79. The van der Waals surface area contributed by atoms with Crippen LogP contribution in [0.1, 0.15) is 69.9 Å². The normalized spacial score (nSPS) is 15.6. The Balaban J connectivity index is 1.89. The average molecular weight is 495 g/mol. The number of aromatic nitrogens is 4. The third-order valence-corrected chi connectivity index (χ3v) is 6.86. The summed E-state index contributed by atoms with van der Waals surface area (Å²) in [6.45, 7) is 7.78. The van der Waals surface area contributed by atoms with Gasteiger partial charge in [0.25, 0.3) is 5.56 Å². The lowest BCUT2D eigenvalue weighted by molar-refractivity contribution is 0.101. The number of hydrogen-bond donors (Lipinski definition) is 1. The first-order valence-corrected chi connectivity index (χ1v) is 12.4. The summed E-state index contributed by atoms with van der Waals surface area (Å²) >= 11 is 5.90. The number of nitrogens with zero attached hydrogens (tertiary/aromatic N) is 5. The number of rotatable bonds is 6. The Hall–Kier alpha value is -3.10. The Morgan fingerprint density at radius 1 is 1.26 bits per heavy atom. The van der Waals surface area contributed by atoms with Gasteiger partial charge in [0.2, 0.25) is 0 Å². The molecule has 2 N–H and O–H groups in total. The molecule has 0 bridgehead atoms. The van der Waals surface area contributed by atoms with Gasteiger partial charge in [0.1, 0.15) is 16.9 Å². The summed E-state index contributed by atoms with van der Waals surface area (Å²) in [5.41, 5.74) is 10.7. The molecule has 3 aromatic heterocycles. The summed E-state index contributed by atoms with van der Waals surface area (Å²) in [5.74, 6) is -0.509. The zero-order valence-corrected chi connectivity index (χ0v) is 21.4. The van der Waals surface area contributed by atoms with Gasteiger partial charge < -0.3 is 10.6 Å². The smallest absolute Gasteiger partial charge is 0.269 e. The summed E-state index contributed by atoms with van der Waals surface area (Å²) in [4.78, 5) is 42.4. The number of alkyl halides is 1. The Morgan fingerprint density at radius 2 is 1.97 bits per heavy atom. The molecule has 3 aromatic rings. The molecular weight excluding hydrogens is 464 g/mol. The number of hydrogen-bond acceptors (Lipinski definition) is 7. The predicted molar refractivity (Wildman–Crippen MR) is 139 cm³/mol. The zero-order chi connectivity index (χ0) is 25.3. The van der Waals surface area contributed by atoms with E-state index in [-0.39, 0.29) is 22.8 Å². The number of halogens is 1. The molecule has 1 saturated heterocycles. The molecule has 0 radical (unpaired) electrons. The van der Waals surface area contributed by atoms with Crippen LogP contribution in [0.4, 0.5) is 0 Å². The van der Waals surface area contributed by atoms with Crippen molar-refractivity contribution in [3.05, 3.63) is 68.3 Å². The highest BCUT2D eigenvalue weighted by Gasteiger charge is 2.24. The molecule has 35 heavy (non-hydrogen) atoms. The molecule has 1 aliphatic rings. The molecule has 4 rings (SSSR count). The molecule has 1 fully saturated rings. The van der Waals surface area contributed by atoms with Crippen molar-refractivity contribution < 1.29 is 4.79 Å². The Bertz CT molecular complexity index is 1370. The minimum atomic E-state index is -0.516. The van der Waals surface area contributed by atoms with Crippen LogP contribution < -0.4 is 11.3 Å². The minimum Gasteiger partial charge on any atom is -0.397 e. The van der Waals surface area contributed by atoms with Gasteiger partial charge >= 0.3 is 0 Å². The molecule has 0 saturated carbocycles. The molecule has 8 nitrogen and oxygen atoms in total. The number of Topliss-reactive ketones (excluding diaryl/α,β-unsaturated/α-hetero) is 1. The van der Waals surface area contributed by atoms with E-state index in [1.165, 1.54) is 4.40 Å². The van der Waals surface area contributed by atoms with Crippen molar-refractivity contribution in [2.24, 2.45) is 5.73 Å². The molecule has 9 heteroatoms. The highest BCUT2D eigenvalue weighted by Crippen LogP contribution is 2.29. The molecule has 1 aliphatic heterocycles. The number of aryl methyl sites for hydroxylation is 3. The first-order chi connectivity index (χ1) is 16.7. The van der Waals surface area contributed by atoms with Gasteiger partial charge in [-0.05, 0) is 76.4 Å². The molecular formula is C26H31ClN6O2. The molecule has 0 atom stereocenters. The van der Waals surface area contributed by atoms with Crippen LogP contribution in [0, 0.1) is 13.8 Å². The Morgan fingerprint density at radius 3 is 2.63 bits per heavy atom. The van der Waals surface area contributed by atoms with Crippen molar-refractivity contribution in [3.8, 4) is 0 Å². The maximum atomic E-state index is 13.6. The second-order valence-electron chi connectivity index (χ2n) is 9.22. The van der Waals surface area contributed by atoms with E-state index in [4.69, 9.17) is 22.3 Å². The Kier molecular flexibility index (Phi) is 7.33. The first kappa shape index (κ1) is 25.0. The van der Waals surface area contributed by atoms with Crippen LogP contribution in [-0.2, 0) is 6.42 Å². The van der Waals surface area contributed by atoms with Gasteiger partial charge in [-0.2, -0.15) is 0 Å². The van der Waals surface area contributed by atoms with E-state index in [1.807, 2.05) is 27.0 Å². The largest absolute Gasteiger partial charge is 0.397 e. The number of ketones is 1. The van der Waals surface area contributed by atoms with Gasteiger partial charge in [0.05, 0.1) is 28.7 Å². The van der Waals surface area contributed by atoms with Crippen molar-refractivity contribution in [2.45, 2.75) is 46.0 Å². The van der Waals surface area contributed by atoms with Crippen molar-refractivity contribution in [2.75, 3.05) is 26.0 Å². The van der Waals surface area contributed by atoms with Gasteiger partial charge in [-0.25, -0.2) is 4.98 Å². The SMILES string of the molecule is CCc1nc(C)cnc1C=C(N)c1nc2c(C)cc(C3CCN(C)CC3)cn2c(=O)c1C(=O)CCl. The summed E-state index contributed by atoms with van der Waals surface area (Å²) in [7, 11) is 2.12. The van der Waals surface area contributed by atoms with Crippen LogP contribution in [0.15, 0.2) is 23.3 Å². The number of piperidine rings is 1. The first-order valence-electron chi connectivity index (χ1n) is 11.9. The van der Waals surface area contributed by atoms with Crippen molar-refractivity contribution in [1.29, 1.82) is 0 Å². The van der Waals surface area contributed by atoms with Gasteiger partial charge in [0.15, 0.2) is 5.78 Å². The second-order valence-corrected chi connectivity index (χ2v) is 9.49. The van der Waals surface area contributed by atoms with Crippen molar-refractivity contribution in [1.82, 2.24) is 24.3 Å². The maximum absolute atomic E-state index is 13.6. The molecule has 0 spiro atoms. The minimum absolute atomic E-state index is 0.107. The fourth-order valence-corrected chi connectivity index (χ4v) is 4.79. The maximum Gasteiger partial charge on any atom is 0.269 e. The predicted octanol–water partition coefficient (Wildman–Crippen LogP) is 3.35. The van der Waals surface area contributed by atoms with E-state index in [0.29, 0.717) is 23.7 Å². The van der Waals surface area contributed by atoms with E-state index in [9.17, 15) is 9.59 Å². The highest BCUT2D eigenvalue weighted by atomic mass is 35.5. The quantitative estimate of drug-likeness (QED) is 0.413. The van der Waals surface area contributed by atoms with Crippen LogP contribution >= 0.6 is 11.6 Å². The van der Waals surface area contributed by atoms with Crippen LogP contribution in [0.2, 0.25) is 0 Å². The van der Waals surface area contributed by atoms with Crippen LogP contribution in [0.5, 0.6) is 0 Å². The number of fused-ring (bicyclic) bond motifs is 1. The van der Waals surface area contributed by atoms with Crippen molar-refractivity contribution >= 4 is 34.8 Å².